The number of hydrogen-bond donors (Lipinski definition) is 2. The number of ether oxygens (including phenoxy) is 1. The van der Waals surface area contributed by atoms with Gasteiger partial charge in [0.15, 0.2) is 0 Å². The summed E-state index contributed by atoms with van der Waals surface area (Å²) in [7, 11) is 1.75. The average molecular weight is 578 g/mol. The van der Waals surface area contributed by atoms with Gasteiger partial charge in [0.1, 0.15) is 17.3 Å². The van der Waals surface area contributed by atoms with Crippen LogP contribution in [0, 0.1) is 11.6 Å². The van der Waals surface area contributed by atoms with E-state index in [4.69, 9.17) is 4.74 Å². The van der Waals surface area contributed by atoms with Gasteiger partial charge in [0, 0.05) is 38.1 Å². The van der Waals surface area contributed by atoms with Crippen LogP contribution in [-0.2, 0) is 16.4 Å². The highest BCUT2D eigenvalue weighted by Crippen LogP contribution is 2.40. The van der Waals surface area contributed by atoms with Gasteiger partial charge in [-0.25, -0.2) is 13.8 Å². The Morgan fingerprint density at radius 1 is 1.12 bits per heavy atom. The number of aromatic nitrogens is 2. The molecule has 2 aromatic heterocycles. The number of carbonyl (C=O) groups is 1. The van der Waals surface area contributed by atoms with Crippen LogP contribution in [0.3, 0.4) is 0 Å². The van der Waals surface area contributed by atoms with Crippen LogP contribution in [0.15, 0.2) is 48.8 Å². The number of alkyl halides is 3. The summed E-state index contributed by atoms with van der Waals surface area (Å²) in [5.74, 6) is -1.77. The molecule has 1 aliphatic heterocycles. The van der Waals surface area contributed by atoms with E-state index in [1.54, 1.807) is 31.0 Å². The highest BCUT2D eigenvalue weighted by atomic mass is 19.4. The summed E-state index contributed by atoms with van der Waals surface area (Å²) in [4.78, 5) is 23.9. The Morgan fingerprint density at radius 2 is 1.85 bits per heavy atom. The smallest absolute Gasteiger partial charge is 0.416 e. The van der Waals surface area contributed by atoms with Crippen LogP contribution in [-0.4, -0.2) is 55.2 Å². The molecule has 12 heteroatoms. The molecule has 41 heavy (non-hydrogen) atoms. The van der Waals surface area contributed by atoms with Gasteiger partial charge in [-0.05, 0) is 75.7 Å². The number of carbonyl (C=O) groups excluding carboxylic acids is 1. The lowest BCUT2D eigenvalue weighted by Crippen LogP contribution is -2.54. The van der Waals surface area contributed by atoms with Crippen molar-refractivity contribution in [2.45, 2.75) is 44.3 Å². The molecule has 1 aromatic carbocycles. The number of pyridine rings is 2. The third-order valence-corrected chi connectivity index (χ3v) is 7.26. The van der Waals surface area contributed by atoms with Crippen molar-refractivity contribution < 1.29 is 31.5 Å². The Labute approximate surface area is 235 Å². The maximum atomic E-state index is 15.6. The first-order valence-electron chi connectivity index (χ1n) is 13.3. The molecule has 220 valence electrons. The van der Waals surface area contributed by atoms with Crippen molar-refractivity contribution in [3.05, 3.63) is 71.6 Å². The molecule has 1 amide bonds. The quantitative estimate of drug-likeness (QED) is 0.345. The summed E-state index contributed by atoms with van der Waals surface area (Å²) in [6.07, 6.45) is -1.37. The molecule has 0 aliphatic carbocycles. The minimum atomic E-state index is -4.67. The first kappa shape index (κ1) is 30.2. The first-order chi connectivity index (χ1) is 19.5. The summed E-state index contributed by atoms with van der Waals surface area (Å²) in [5, 5.41) is 5.97. The standard InChI is InChI=1S/C29H32F5N5O2/c1-4-41-26-21(6-5-11-36-26)25-23(31)15-20(17-37-25)28(27(40)38-18(2)16-35-3)9-12-39(13-10-28)24-8-7-19(14-22(24)30)29(32,33)34/h5-8,11,14-15,17-18,35H,4,9-10,12-13,16H2,1-3H3,(H,38,40). The molecule has 0 bridgehead atoms. The fraction of sp³-hybridized carbons (Fsp3) is 0.414. The molecule has 3 aromatic rings. The van der Waals surface area contributed by atoms with Gasteiger partial charge in [-0.1, -0.05) is 0 Å². The van der Waals surface area contributed by atoms with Crippen molar-refractivity contribution >= 4 is 11.6 Å². The second kappa shape index (κ2) is 12.4. The number of nitrogens with zero attached hydrogens (tertiary/aromatic N) is 3. The topological polar surface area (TPSA) is 79.4 Å². The van der Waals surface area contributed by atoms with E-state index >= 15 is 4.39 Å². The normalized spacial score (nSPS) is 15.9. The van der Waals surface area contributed by atoms with Crippen molar-refractivity contribution in [1.82, 2.24) is 20.6 Å². The van der Waals surface area contributed by atoms with Crippen LogP contribution in [0.2, 0.25) is 0 Å². The SMILES string of the molecule is CCOc1ncccc1-c1ncc(C2(C(=O)NC(C)CNC)CCN(c3ccc(C(F)(F)F)cc3F)CC2)cc1F. The number of benzene rings is 1. The Balaban J connectivity index is 1.67. The molecule has 4 rings (SSSR count). The number of rotatable bonds is 9. The predicted octanol–water partition coefficient (Wildman–Crippen LogP) is 5.10. The van der Waals surface area contributed by atoms with Crippen molar-refractivity contribution in [3.63, 3.8) is 0 Å². The molecule has 1 atom stereocenters. The number of hydrogen-bond acceptors (Lipinski definition) is 6. The first-order valence-corrected chi connectivity index (χ1v) is 13.3. The van der Waals surface area contributed by atoms with Gasteiger partial charge in [0.2, 0.25) is 11.8 Å². The van der Waals surface area contributed by atoms with E-state index in [0.717, 1.165) is 12.1 Å². The zero-order chi connectivity index (χ0) is 29.8. The van der Waals surface area contributed by atoms with E-state index in [-0.39, 0.29) is 55.1 Å². The van der Waals surface area contributed by atoms with E-state index in [0.29, 0.717) is 30.3 Å². The number of anilines is 1. The summed E-state index contributed by atoms with van der Waals surface area (Å²) >= 11 is 0. The number of amides is 1. The Bertz CT molecular complexity index is 1380. The molecule has 7 nitrogen and oxygen atoms in total. The van der Waals surface area contributed by atoms with Crippen molar-refractivity contribution in [2.75, 3.05) is 38.2 Å². The average Bonchev–Trinajstić information content (AvgIpc) is 2.93. The zero-order valence-corrected chi connectivity index (χ0v) is 23.0. The molecule has 1 saturated heterocycles. The monoisotopic (exact) mass is 577 g/mol. The molecule has 3 heterocycles. The lowest BCUT2D eigenvalue weighted by atomic mass is 9.72. The molecule has 1 aliphatic rings. The van der Waals surface area contributed by atoms with Crippen molar-refractivity contribution in [2.24, 2.45) is 0 Å². The third-order valence-electron chi connectivity index (χ3n) is 7.26. The largest absolute Gasteiger partial charge is 0.477 e. The van der Waals surface area contributed by atoms with Gasteiger partial charge in [-0.2, -0.15) is 13.2 Å². The number of nitrogens with one attached hydrogen (secondary N) is 2. The minimum absolute atomic E-state index is 0.00949. The summed E-state index contributed by atoms with van der Waals surface area (Å²) in [6.45, 7) is 4.73. The summed E-state index contributed by atoms with van der Waals surface area (Å²) < 4.78 is 75.0. The van der Waals surface area contributed by atoms with Crippen LogP contribution >= 0.6 is 0 Å². The molecular formula is C29H32F5N5O2. The lowest BCUT2D eigenvalue weighted by molar-refractivity contribution is -0.137. The lowest BCUT2D eigenvalue weighted by Gasteiger charge is -2.42. The van der Waals surface area contributed by atoms with Gasteiger partial charge < -0.3 is 20.3 Å². The third kappa shape index (κ3) is 6.42. The Hall–Kier alpha value is -3.80. The highest BCUT2D eigenvalue weighted by Gasteiger charge is 2.44. The predicted molar refractivity (Wildman–Crippen MR) is 145 cm³/mol. The van der Waals surface area contributed by atoms with Crippen LogP contribution in [0.25, 0.3) is 11.3 Å². The zero-order valence-electron chi connectivity index (χ0n) is 23.0. The maximum Gasteiger partial charge on any atom is 0.416 e. The molecule has 0 spiro atoms. The van der Waals surface area contributed by atoms with E-state index in [9.17, 15) is 22.4 Å². The molecular weight excluding hydrogens is 545 g/mol. The molecule has 2 N–H and O–H groups in total. The van der Waals surface area contributed by atoms with Gasteiger partial charge >= 0.3 is 6.18 Å². The molecule has 1 unspecified atom stereocenters. The second-order valence-electron chi connectivity index (χ2n) is 10.0. The van der Waals surface area contributed by atoms with Crippen molar-refractivity contribution in [3.8, 4) is 17.1 Å². The Kier molecular flexibility index (Phi) is 9.11. The van der Waals surface area contributed by atoms with Crippen LogP contribution < -0.4 is 20.3 Å². The second-order valence-corrected chi connectivity index (χ2v) is 10.0. The molecule has 1 fully saturated rings. The Morgan fingerprint density at radius 3 is 2.46 bits per heavy atom. The van der Waals surface area contributed by atoms with Gasteiger partial charge in [0.05, 0.1) is 28.8 Å². The van der Waals surface area contributed by atoms with E-state index in [1.807, 2.05) is 6.92 Å². The van der Waals surface area contributed by atoms with Crippen LogP contribution in [0.1, 0.15) is 37.8 Å². The van der Waals surface area contributed by atoms with Crippen LogP contribution in [0.4, 0.5) is 27.6 Å². The van der Waals surface area contributed by atoms with E-state index in [1.165, 1.54) is 18.5 Å². The number of likely N-dealkylation sites (N-methyl/N-ethyl adjacent to an activating group) is 1. The number of halogens is 5. The maximum absolute atomic E-state index is 15.6. The minimum Gasteiger partial charge on any atom is -0.477 e. The van der Waals surface area contributed by atoms with Crippen LogP contribution in [0.5, 0.6) is 5.88 Å². The number of piperidine rings is 1. The van der Waals surface area contributed by atoms with Gasteiger partial charge in [-0.3, -0.25) is 9.78 Å². The molecule has 0 saturated carbocycles. The van der Waals surface area contributed by atoms with Gasteiger partial charge in [0.25, 0.3) is 0 Å². The summed E-state index contributed by atoms with van der Waals surface area (Å²) in [5.41, 5.74) is -1.53. The van der Waals surface area contributed by atoms with Gasteiger partial charge in [-0.15, -0.1) is 0 Å². The van der Waals surface area contributed by atoms with Crippen molar-refractivity contribution in [1.29, 1.82) is 0 Å². The summed E-state index contributed by atoms with van der Waals surface area (Å²) in [6, 6.07) is 6.72. The highest BCUT2D eigenvalue weighted by molar-refractivity contribution is 5.89. The fourth-order valence-electron chi connectivity index (χ4n) is 5.16. The molecule has 0 radical (unpaired) electrons. The van der Waals surface area contributed by atoms with E-state index < -0.39 is 28.8 Å². The van der Waals surface area contributed by atoms with E-state index in [2.05, 4.69) is 20.6 Å². The fourth-order valence-corrected chi connectivity index (χ4v) is 5.16.